The Bertz CT molecular complexity index is 607. The number of hydrogen-bond acceptors (Lipinski definition) is 4. The molecule has 0 atom stereocenters. The summed E-state index contributed by atoms with van der Waals surface area (Å²) in [5.74, 6) is 0.538. The van der Waals surface area contributed by atoms with Crippen LogP contribution in [0.4, 0.5) is 11.5 Å². The molecule has 1 aromatic heterocycles. The molecule has 20 heavy (non-hydrogen) atoms. The van der Waals surface area contributed by atoms with Gasteiger partial charge in [0.1, 0.15) is 5.69 Å². The van der Waals surface area contributed by atoms with Crippen LogP contribution < -0.4 is 4.90 Å². The molecule has 0 aliphatic heterocycles. The van der Waals surface area contributed by atoms with Crippen LogP contribution in [0.2, 0.25) is 0 Å². The molecule has 0 saturated heterocycles. The van der Waals surface area contributed by atoms with Gasteiger partial charge in [0.15, 0.2) is 0 Å². The second-order valence-corrected chi connectivity index (χ2v) is 4.69. The van der Waals surface area contributed by atoms with E-state index in [1.54, 1.807) is 11.7 Å². The minimum atomic E-state index is -0.345. The third-order valence-electron chi connectivity index (χ3n) is 3.20. The van der Waals surface area contributed by atoms with Crippen molar-refractivity contribution in [3.05, 3.63) is 51.7 Å². The topological polar surface area (TPSA) is 64.2 Å². The fourth-order valence-corrected chi connectivity index (χ4v) is 2.34. The number of hydrogen-bond donors (Lipinski definition) is 0. The molecule has 1 heterocycles. The van der Waals surface area contributed by atoms with Crippen LogP contribution in [0.1, 0.15) is 18.2 Å². The Morgan fingerprint density at radius 2 is 2.00 bits per heavy atom. The van der Waals surface area contributed by atoms with Crippen molar-refractivity contribution < 1.29 is 4.92 Å². The summed E-state index contributed by atoms with van der Waals surface area (Å²) >= 11 is 0. The highest BCUT2D eigenvalue weighted by Crippen LogP contribution is 2.31. The quantitative estimate of drug-likeness (QED) is 0.621. The summed E-state index contributed by atoms with van der Waals surface area (Å²) in [7, 11) is 3.58. The minimum absolute atomic E-state index is 0.105. The molecule has 2 aromatic rings. The molecule has 0 aliphatic rings. The first-order valence-electron chi connectivity index (χ1n) is 6.50. The molecule has 0 fully saturated rings. The fraction of sp³-hybridized carbons (Fsp3) is 0.357. The second kappa shape index (κ2) is 5.73. The summed E-state index contributed by atoms with van der Waals surface area (Å²) < 4.78 is 1.58. The van der Waals surface area contributed by atoms with Gasteiger partial charge in [-0.15, -0.1) is 0 Å². The van der Waals surface area contributed by atoms with E-state index in [-0.39, 0.29) is 10.6 Å². The maximum Gasteiger partial charge on any atom is 0.334 e. The summed E-state index contributed by atoms with van der Waals surface area (Å²) in [6.07, 6.45) is 0.545. The minimum Gasteiger partial charge on any atom is -0.350 e. The van der Waals surface area contributed by atoms with E-state index in [9.17, 15) is 10.1 Å². The summed E-state index contributed by atoms with van der Waals surface area (Å²) in [5, 5.41) is 15.5. The summed E-state index contributed by atoms with van der Waals surface area (Å²) in [6.45, 7) is 2.47. The van der Waals surface area contributed by atoms with Gasteiger partial charge in [0, 0.05) is 20.6 Å². The van der Waals surface area contributed by atoms with Crippen LogP contribution in [0.5, 0.6) is 0 Å². The molecule has 0 radical (unpaired) electrons. The number of anilines is 1. The van der Waals surface area contributed by atoms with Gasteiger partial charge in [-0.05, 0) is 12.0 Å². The fourth-order valence-electron chi connectivity index (χ4n) is 2.34. The van der Waals surface area contributed by atoms with E-state index in [1.807, 2.05) is 49.2 Å². The highest BCUT2D eigenvalue weighted by atomic mass is 16.6. The predicted molar refractivity (Wildman–Crippen MR) is 77.8 cm³/mol. The van der Waals surface area contributed by atoms with Gasteiger partial charge in [-0.25, -0.2) is 4.68 Å². The molecule has 0 amide bonds. The van der Waals surface area contributed by atoms with Crippen molar-refractivity contribution in [2.45, 2.75) is 19.9 Å². The third-order valence-corrected chi connectivity index (χ3v) is 3.20. The zero-order valence-corrected chi connectivity index (χ0v) is 11.9. The first-order valence-corrected chi connectivity index (χ1v) is 6.50. The Morgan fingerprint density at radius 1 is 1.35 bits per heavy atom. The highest BCUT2D eigenvalue weighted by molar-refractivity contribution is 5.61. The Balaban J connectivity index is 2.36. The van der Waals surface area contributed by atoms with Crippen LogP contribution in [0.25, 0.3) is 0 Å². The third kappa shape index (κ3) is 2.64. The first-order chi connectivity index (χ1) is 9.54. The van der Waals surface area contributed by atoms with Crippen molar-refractivity contribution in [3.8, 4) is 0 Å². The molecule has 6 nitrogen and oxygen atoms in total. The van der Waals surface area contributed by atoms with Crippen molar-refractivity contribution >= 4 is 11.5 Å². The summed E-state index contributed by atoms with van der Waals surface area (Å²) in [5.41, 5.74) is 1.73. The molecule has 0 bridgehead atoms. The van der Waals surface area contributed by atoms with E-state index in [1.165, 1.54) is 0 Å². The zero-order chi connectivity index (χ0) is 14.7. The van der Waals surface area contributed by atoms with Gasteiger partial charge in [-0.2, -0.15) is 5.10 Å². The van der Waals surface area contributed by atoms with E-state index >= 15 is 0 Å². The molecule has 106 valence electrons. The number of aryl methyl sites for hydroxylation is 2. The van der Waals surface area contributed by atoms with Gasteiger partial charge in [-0.1, -0.05) is 37.3 Å². The number of aromatic nitrogens is 2. The average molecular weight is 274 g/mol. The largest absolute Gasteiger partial charge is 0.350 e. The van der Waals surface area contributed by atoms with E-state index < -0.39 is 0 Å². The first kappa shape index (κ1) is 14.0. The van der Waals surface area contributed by atoms with E-state index in [2.05, 4.69) is 5.10 Å². The number of nitro groups is 1. The molecular weight excluding hydrogens is 256 g/mol. The Labute approximate surface area is 117 Å². The maximum absolute atomic E-state index is 11.3. The highest BCUT2D eigenvalue weighted by Gasteiger charge is 2.28. The summed E-state index contributed by atoms with van der Waals surface area (Å²) in [6, 6.07) is 9.86. The molecule has 0 spiro atoms. The lowest BCUT2D eigenvalue weighted by molar-refractivity contribution is -0.384. The molecule has 0 aliphatic carbocycles. The second-order valence-electron chi connectivity index (χ2n) is 4.69. The molecule has 1 aromatic carbocycles. The van der Waals surface area contributed by atoms with Gasteiger partial charge in [-0.3, -0.25) is 10.1 Å². The molecule has 0 unspecified atom stereocenters. The monoisotopic (exact) mass is 274 g/mol. The van der Waals surface area contributed by atoms with Gasteiger partial charge in [0.2, 0.25) is 5.82 Å². The molecule has 0 saturated carbocycles. The van der Waals surface area contributed by atoms with Crippen molar-refractivity contribution in [2.24, 2.45) is 7.05 Å². The van der Waals surface area contributed by atoms with E-state index in [0.717, 1.165) is 5.56 Å². The zero-order valence-electron chi connectivity index (χ0n) is 11.9. The standard InChI is InChI=1S/C14H18N4O2/c1-4-12-13(18(19)20)14(17(3)15-12)16(2)10-11-8-6-5-7-9-11/h5-9H,4,10H2,1-3H3. The van der Waals surface area contributed by atoms with E-state index in [0.29, 0.717) is 24.5 Å². The van der Waals surface area contributed by atoms with Gasteiger partial charge >= 0.3 is 5.69 Å². The lowest BCUT2D eigenvalue weighted by Gasteiger charge is -2.18. The Kier molecular flexibility index (Phi) is 4.02. The molecule has 0 N–H and O–H groups in total. The lowest BCUT2D eigenvalue weighted by Crippen LogP contribution is -2.20. The normalized spacial score (nSPS) is 10.6. The van der Waals surface area contributed by atoms with Gasteiger partial charge < -0.3 is 4.90 Å². The smallest absolute Gasteiger partial charge is 0.334 e. The number of nitrogens with zero attached hydrogens (tertiary/aromatic N) is 4. The van der Waals surface area contributed by atoms with Crippen LogP contribution in [-0.4, -0.2) is 21.8 Å². The molecule has 2 rings (SSSR count). The SMILES string of the molecule is CCc1nn(C)c(N(C)Cc2ccccc2)c1[N+](=O)[O-]. The van der Waals surface area contributed by atoms with Crippen LogP contribution in [0, 0.1) is 10.1 Å². The van der Waals surface area contributed by atoms with Crippen LogP contribution in [-0.2, 0) is 20.0 Å². The lowest BCUT2D eigenvalue weighted by atomic mass is 10.2. The van der Waals surface area contributed by atoms with Crippen molar-refractivity contribution in [3.63, 3.8) is 0 Å². The van der Waals surface area contributed by atoms with Crippen molar-refractivity contribution in [1.29, 1.82) is 0 Å². The molecular formula is C14H18N4O2. The summed E-state index contributed by atoms with van der Waals surface area (Å²) in [4.78, 5) is 12.8. The average Bonchev–Trinajstić information content (AvgIpc) is 2.77. The Morgan fingerprint density at radius 3 is 2.55 bits per heavy atom. The van der Waals surface area contributed by atoms with Crippen LogP contribution in [0.3, 0.4) is 0 Å². The number of benzene rings is 1. The van der Waals surface area contributed by atoms with Crippen molar-refractivity contribution in [1.82, 2.24) is 9.78 Å². The predicted octanol–water partition coefficient (Wildman–Crippen LogP) is 2.53. The van der Waals surface area contributed by atoms with Crippen molar-refractivity contribution in [2.75, 3.05) is 11.9 Å². The molecule has 6 heteroatoms. The number of rotatable bonds is 5. The van der Waals surface area contributed by atoms with Gasteiger partial charge in [0.25, 0.3) is 0 Å². The Hall–Kier alpha value is -2.37. The van der Waals surface area contributed by atoms with Gasteiger partial charge in [0.05, 0.1) is 4.92 Å². The van der Waals surface area contributed by atoms with Crippen LogP contribution >= 0.6 is 0 Å². The van der Waals surface area contributed by atoms with Crippen LogP contribution in [0.15, 0.2) is 30.3 Å². The maximum atomic E-state index is 11.3. The van der Waals surface area contributed by atoms with E-state index in [4.69, 9.17) is 0 Å².